The third kappa shape index (κ3) is 6.18. The fourth-order valence-electron chi connectivity index (χ4n) is 3.20. The van der Waals surface area contributed by atoms with E-state index in [1.807, 2.05) is 0 Å². The summed E-state index contributed by atoms with van der Waals surface area (Å²) in [5.41, 5.74) is 0. The number of methoxy groups -OCH3 is 1. The minimum absolute atomic E-state index is 0.114. The summed E-state index contributed by atoms with van der Waals surface area (Å²) in [4.78, 5) is 23.8. The number of benzene rings is 1. The smallest absolute Gasteiger partial charge is 0.305 e. The van der Waals surface area contributed by atoms with Crippen LogP contribution in [0, 0.1) is 0 Å². The zero-order valence-corrected chi connectivity index (χ0v) is 17.6. The number of amides is 1. The lowest BCUT2D eigenvalue weighted by Crippen LogP contribution is -2.49. The molecule has 0 radical (unpaired) electrons. The molecule has 1 N–H and O–H groups in total. The van der Waals surface area contributed by atoms with E-state index in [0.717, 1.165) is 12.8 Å². The van der Waals surface area contributed by atoms with Gasteiger partial charge >= 0.3 is 5.97 Å². The predicted octanol–water partition coefficient (Wildman–Crippen LogP) is 2.73. The second-order valence-corrected chi connectivity index (χ2v) is 9.09. The Bertz CT molecular complexity index is 767. The van der Waals surface area contributed by atoms with Crippen molar-refractivity contribution in [2.75, 3.05) is 20.2 Å². The van der Waals surface area contributed by atoms with Gasteiger partial charge in [0.2, 0.25) is 15.9 Å². The molecule has 1 aromatic rings. The van der Waals surface area contributed by atoms with Crippen molar-refractivity contribution >= 4 is 33.5 Å². The van der Waals surface area contributed by atoms with E-state index < -0.39 is 16.1 Å². The second-order valence-electron chi connectivity index (χ2n) is 6.76. The number of ether oxygens (including phenoxy) is 1. The number of esters is 1. The maximum absolute atomic E-state index is 13.2. The molecule has 1 aliphatic heterocycles. The average molecular weight is 431 g/mol. The van der Waals surface area contributed by atoms with Gasteiger partial charge in [0.1, 0.15) is 6.04 Å². The molecule has 1 fully saturated rings. The zero-order chi connectivity index (χ0) is 20.6. The van der Waals surface area contributed by atoms with Crippen molar-refractivity contribution in [3.63, 3.8) is 0 Å². The molecule has 2 rings (SSSR count). The summed E-state index contributed by atoms with van der Waals surface area (Å²) in [6.07, 6.45) is 4.21. The quantitative estimate of drug-likeness (QED) is 0.480. The number of unbranched alkanes of at least 4 members (excludes halogenated alkanes) is 2. The van der Waals surface area contributed by atoms with Crippen LogP contribution in [-0.4, -0.2) is 50.8 Å². The molecule has 28 heavy (non-hydrogen) atoms. The van der Waals surface area contributed by atoms with Gasteiger partial charge in [-0.15, -0.1) is 0 Å². The summed E-state index contributed by atoms with van der Waals surface area (Å²) < 4.78 is 32.4. The van der Waals surface area contributed by atoms with Gasteiger partial charge in [-0.1, -0.05) is 18.0 Å². The molecule has 0 saturated carbocycles. The summed E-state index contributed by atoms with van der Waals surface area (Å²) in [5.74, 6) is -0.543. The first-order valence-electron chi connectivity index (χ1n) is 9.48. The molecule has 1 atom stereocenters. The maximum Gasteiger partial charge on any atom is 0.305 e. The Morgan fingerprint density at radius 3 is 2.61 bits per heavy atom. The van der Waals surface area contributed by atoms with Crippen molar-refractivity contribution in [1.82, 2.24) is 9.62 Å². The standard InChI is InChI=1S/C19H27ClN2O5S/c1-27-18(23)8-3-2-6-14-22(17-7-4-5-13-21-19(17)24)28(25,26)16-11-9-15(20)10-12-16/h9-12,17H,2-8,13-14H2,1H3,(H,21,24)/t17-/m1/s1. The molecule has 1 amide bonds. The number of nitrogens with one attached hydrogen (secondary N) is 1. The van der Waals surface area contributed by atoms with Crippen LogP contribution in [0.15, 0.2) is 29.2 Å². The van der Waals surface area contributed by atoms with Crippen molar-refractivity contribution in [2.45, 2.75) is 55.9 Å². The Morgan fingerprint density at radius 2 is 1.93 bits per heavy atom. The average Bonchev–Trinajstić information content (AvgIpc) is 2.89. The van der Waals surface area contributed by atoms with Gasteiger partial charge in [-0.25, -0.2) is 8.42 Å². The lowest BCUT2D eigenvalue weighted by molar-refractivity contribution is -0.140. The van der Waals surface area contributed by atoms with E-state index in [1.54, 1.807) is 0 Å². The second kappa shape index (κ2) is 10.8. The minimum atomic E-state index is -3.85. The Kier molecular flexibility index (Phi) is 8.72. The van der Waals surface area contributed by atoms with Gasteiger partial charge in [-0.05, 0) is 56.4 Å². The largest absolute Gasteiger partial charge is 0.469 e. The molecule has 0 aliphatic carbocycles. The third-order valence-electron chi connectivity index (χ3n) is 4.76. The fourth-order valence-corrected chi connectivity index (χ4v) is 4.98. The van der Waals surface area contributed by atoms with Crippen molar-refractivity contribution in [3.05, 3.63) is 29.3 Å². The van der Waals surface area contributed by atoms with Crippen LogP contribution in [0.3, 0.4) is 0 Å². The van der Waals surface area contributed by atoms with E-state index in [2.05, 4.69) is 10.1 Å². The molecule has 0 unspecified atom stereocenters. The highest BCUT2D eigenvalue weighted by molar-refractivity contribution is 7.89. The number of sulfonamides is 1. The monoisotopic (exact) mass is 430 g/mol. The topological polar surface area (TPSA) is 92.8 Å². The molecule has 0 aromatic heterocycles. The molecule has 9 heteroatoms. The van der Waals surface area contributed by atoms with Crippen LogP contribution in [0.1, 0.15) is 44.9 Å². The van der Waals surface area contributed by atoms with Crippen LogP contribution in [0.2, 0.25) is 5.02 Å². The van der Waals surface area contributed by atoms with Crippen LogP contribution in [0.5, 0.6) is 0 Å². The van der Waals surface area contributed by atoms with Gasteiger partial charge in [0.05, 0.1) is 12.0 Å². The van der Waals surface area contributed by atoms with Gasteiger partial charge < -0.3 is 10.1 Å². The normalized spacial score (nSPS) is 17.8. The van der Waals surface area contributed by atoms with Crippen LogP contribution in [0.25, 0.3) is 0 Å². The maximum atomic E-state index is 13.2. The highest BCUT2D eigenvalue weighted by Crippen LogP contribution is 2.24. The minimum Gasteiger partial charge on any atom is -0.469 e. The molecule has 0 spiro atoms. The Balaban J connectivity index is 2.16. The summed E-state index contributed by atoms with van der Waals surface area (Å²) in [6, 6.07) is 5.23. The Morgan fingerprint density at radius 1 is 1.21 bits per heavy atom. The van der Waals surface area contributed by atoms with E-state index in [0.29, 0.717) is 43.7 Å². The zero-order valence-electron chi connectivity index (χ0n) is 16.0. The van der Waals surface area contributed by atoms with E-state index in [4.69, 9.17) is 11.6 Å². The number of carbonyl (C=O) groups is 2. The third-order valence-corrected chi connectivity index (χ3v) is 6.94. The van der Waals surface area contributed by atoms with Crippen molar-refractivity contribution in [1.29, 1.82) is 0 Å². The fraction of sp³-hybridized carbons (Fsp3) is 0.579. The molecule has 1 heterocycles. The van der Waals surface area contributed by atoms with Gasteiger partial charge in [0, 0.05) is 24.5 Å². The van der Waals surface area contributed by atoms with Crippen LogP contribution in [-0.2, 0) is 24.3 Å². The highest BCUT2D eigenvalue weighted by atomic mass is 35.5. The van der Waals surface area contributed by atoms with Gasteiger partial charge in [-0.3, -0.25) is 9.59 Å². The van der Waals surface area contributed by atoms with Gasteiger partial charge in [0.25, 0.3) is 0 Å². The van der Waals surface area contributed by atoms with Crippen LogP contribution >= 0.6 is 11.6 Å². The number of hydrogen-bond acceptors (Lipinski definition) is 5. The van der Waals surface area contributed by atoms with Crippen molar-refractivity contribution in [3.8, 4) is 0 Å². The molecule has 1 saturated heterocycles. The van der Waals surface area contributed by atoms with Crippen molar-refractivity contribution < 1.29 is 22.7 Å². The van der Waals surface area contributed by atoms with E-state index in [1.165, 1.54) is 35.7 Å². The number of nitrogens with zero attached hydrogens (tertiary/aromatic N) is 1. The predicted molar refractivity (Wildman–Crippen MR) is 106 cm³/mol. The number of hydrogen-bond donors (Lipinski definition) is 1. The van der Waals surface area contributed by atoms with E-state index in [9.17, 15) is 18.0 Å². The number of halogens is 1. The van der Waals surface area contributed by atoms with Crippen molar-refractivity contribution in [2.24, 2.45) is 0 Å². The molecule has 156 valence electrons. The summed E-state index contributed by atoms with van der Waals surface area (Å²) in [7, 11) is -2.51. The molecule has 7 nitrogen and oxygen atoms in total. The first-order chi connectivity index (χ1) is 13.4. The molecule has 0 bridgehead atoms. The summed E-state index contributed by atoms with van der Waals surface area (Å²) in [6.45, 7) is 0.771. The molecular formula is C19H27ClN2O5S. The first kappa shape index (κ1) is 22.6. The number of rotatable bonds is 9. The molecular weight excluding hydrogens is 404 g/mol. The van der Waals surface area contributed by atoms with Gasteiger partial charge in [-0.2, -0.15) is 4.31 Å². The SMILES string of the molecule is COC(=O)CCCCCN([C@@H]1CCCCNC1=O)S(=O)(=O)c1ccc(Cl)cc1. The van der Waals surface area contributed by atoms with Crippen LogP contribution in [0.4, 0.5) is 0 Å². The first-order valence-corrected chi connectivity index (χ1v) is 11.3. The summed E-state index contributed by atoms with van der Waals surface area (Å²) in [5, 5.41) is 3.25. The van der Waals surface area contributed by atoms with Crippen LogP contribution < -0.4 is 5.32 Å². The van der Waals surface area contributed by atoms with E-state index >= 15 is 0 Å². The highest BCUT2D eigenvalue weighted by Gasteiger charge is 2.36. The molecule has 1 aromatic carbocycles. The van der Waals surface area contributed by atoms with E-state index in [-0.39, 0.29) is 23.3 Å². The lowest BCUT2D eigenvalue weighted by Gasteiger charge is -2.29. The van der Waals surface area contributed by atoms with Gasteiger partial charge in [0.15, 0.2) is 0 Å². The number of carbonyl (C=O) groups excluding carboxylic acids is 2. The summed E-state index contributed by atoms with van der Waals surface area (Å²) >= 11 is 5.88. The lowest BCUT2D eigenvalue weighted by atomic mass is 10.1. The Hall–Kier alpha value is -1.64. The Labute approximate surface area is 171 Å². The molecule has 1 aliphatic rings.